The van der Waals surface area contributed by atoms with Crippen LogP contribution in [0.1, 0.15) is 48.8 Å². The Labute approximate surface area is 288 Å². The van der Waals surface area contributed by atoms with Crippen LogP contribution in [-0.2, 0) is 25.1 Å². The van der Waals surface area contributed by atoms with Gasteiger partial charge in [-0.05, 0) is 60.0 Å². The minimum absolute atomic E-state index is 0.0324. The number of pyridine rings is 1. The average Bonchev–Trinajstić information content (AvgIpc) is 3.48. The third-order valence-corrected chi connectivity index (χ3v) is 8.37. The number of hydrogen-bond donors (Lipinski definition) is 3. The molecule has 3 N–H and O–H groups in total. The van der Waals surface area contributed by atoms with Crippen molar-refractivity contribution in [3.05, 3.63) is 127 Å². The summed E-state index contributed by atoms with van der Waals surface area (Å²) in [7, 11) is 1.54. The fourth-order valence-corrected chi connectivity index (χ4v) is 5.49. The maximum Gasteiger partial charge on any atom is 0.320 e. The highest BCUT2D eigenvalue weighted by Gasteiger charge is 2.22. The number of amides is 2. The number of halogens is 2. The maximum atomic E-state index is 13.2. The van der Waals surface area contributed by atoms with Crippen LogP contribution in [0.25, 0.3) is 5.69 Å². The molecule has 0 spiro atoms. The van der Waals surface area contributed by atoms with Crippen molar-refractivity contribution in [1.29, 1.82) is 0 Å². The first-order valence-corrected chi connectivity index (χ1v) is 16.0. The van der Waals surface area contributed by atoms with Crippen LogP contribution in [0.4, 0.5) is 10.6 Å². The van der Waals surface area contributed by atoms with Gasteiger partial charge in [0.05, 0.1) is 30.1 Å². The number of urea groups is 1. The van der Waals surface area contributed by atoms with Crippen LogP contribution >= 0.6 is 23.2 Å². The number of benzene rings is 3. The first-order valence-electron chi connectivity index (χ1n) is 15.2. The fourth-order valence-electron chi connectivity index (χ4n) is 5.00. The number of anilines is 1. The van der Waals surface area contributed by atoms with Crippen LogP contribution in [0.15, 0.2) is 83.7 Å². The van der Waals surface area contributed by atoms with Crippen LogP contribution in [0, 0.1) is 6.92 Å². The van der Waals surface area contributed by atoms with E-state index < -0.39 is 6.03 Å². The lowest BCUT2D eigenvalue weighted by Gasteiger charge is -2.16. The molecule has 0 unspecified atom stereocenters. The molecule has 0 atom stereocenters. The molecule has 2 heterocycles. The molecule has 0 saturated carbocycles. The topological polar surface area (TPSA) is 120 Å². The molecule has 12 heteroatoms. The Morgan fingerprint density at radius 1 is 0.958 bits per heavy atom. The second-order valence-corrected chi connectivity index (χ2v) is 13.1. The smallest absolute Gasteiger partial charge is 0.320 e. The molecule has 0 bridgehead atoms. The van der Waals surface area contributed by atoms with E-state index in [1.165, 1.54) is 0 Å². The van der Waals surface area contributed by atoms with E-state index in [1.807, 2.05) is 64.1 Å². The van der Waals surface area contributed by atoms with Gasteiger partial charge in [0.1, 0.15) is 34.7 Å². The number of phenolic OH excluding ortho intramolecular Hbond substituents is 1. The van der Waals surface area contributed by atoms with E-state index in [4.69, 9.17) is 37.8 Å². The standard InChI is InChI=1S/C36H37Cl2N5O5/c1-22-16-30(33(38)34(45)42(22)20-23-10-15-29(47-5)28(37)17-23)48-21-25-9-7-6-8-24(25)19-39-35(46)40-32-18-31(36(2,3)4)41-43(32)26-11-13-27(44)14-12-26/h6-18,44H,19-21H2,1-5H3,(H2,39,40,46). The molecule has 0 radical (unpaired) electrons. The van der Waals surface area contributed by atoms with E-state index in [0.29, 0.717) is 28.0 Å². The SMILES string of the molecule is COc1ccc(Cn2c(C)cc(OCc3ccccc3CNC(=O)Nc3cc(C(C)(C)C)nn3-c3ccc(O)cc3)c(Cl)c2=O)cc1Cl. The molecule has 0 aliphatic rings. The van der Waals surface area contributed by atoms with Crippen LogP contribution in [-0.4, -0.2) is 32.6 Å². The Kier molecular flexibility index (Phi) is 10.4. The third-order valence-electron chi connectivity index (χ3n) is 7.73. The van der Waals surface area contributed by atoms with Crippen molar-refractivity contribution in [2.45, 2.75) is 52.8 Å². The van der Waals surface area contributed by atoms with Gasteiger partial charge in [-0.2, -0.15) is 5.10 Å². The number of aryl methyl sites for hydroxylation is 1. The van der Waals surface area contributed by atoms with Gasteiger partial charge in [-0.25, -0.2) is 9.48 Å². The molecule has 0 saturated heterocycles. The number of nitrogens with zero attached hydrogens (tertiary/aromatic N) is 3. The van der Waals surface area contributed by atoms with Crippen molar-refractivity contribution < 1.29 is 19.4 Å². The summed E-state index contributed by atoms with van der Waals surface area (Å²) < 4.78 is 14.5. The minimum atomic E-state index is -0.425. The van der Waals surface area contributed by atoms with Crippen molar-refractivity contribution >= 4 is 35.1 Å². The van der Waals surface area contributed by atoms with E-state index in [2.05, 4.69) is 10.6 Å². The van der Waals surface area contributed by atoms with E-state index in [0.717, 1.165) is 22.4 Å². The number of aromatic hydroxyl groups is 1. The van der Waals surface area contributed by atoms with Gasteiger partial charge in [0, 0.05) is 29.8 Å². The Balaban J connectivity index is 1.26. The summed E-state index contributed by atoms with van der Waals surface area (Å²) in [6.07, 6.45) is 0. The zero-order valence-electron chi connectivity index (χ0n) is 27.3. The van der Waals surface area contributed by atoms with Gasteiger partial charge in [0.15, 0.2) is 0 Å². The number of phenols is 1. The molecule has 48 heavy (non-hydrogen) atoms. The number of carbonyl (C=O) groups excluding carboxylic acids is 1. The summed E-state index contributed by atoms with van der Waals surface area (Å²) in [4.78, 5) is 26.3. The van der Waals surface area contributed by atoms with Gasteiger partial charge in [-0.15, -0.1) is 0 Å². The Hall–Kier alpha value is -4.93. The molecule has 0 aliphatic carbocycles. The van der Waals surface area contributed by atoms with E-state index >= 15 is 0 Å². The normalized spacial score (nSPS) is 11.3. The van der Waals surface area contributed by atoms with Crippen molar-refractivity contribution in [2.24, 2.45) is 0 Å². The number of methoxy groups -OCH3 is 1. The van der Waals surface area contributed by atoms with Gasteiger partial charge >= 0.3 is 6.03 Å². The highest BCUT2D eigenvalue weighted by atomic mass is 35.5. The molecule has 0 aliphatic heterocycles. The van der Waals surface area contributed by atoms with Gasteiger partial charge in [-0.1, -0.05) is 74.3 Å². The third kappa shape index (κ3) is 7.95. The van der Waals surface area contributed by atoms with Crippen LogP contribution in [0.2, 0.25) is 10.0 Å². The second kappa shape index (κ2) is 14.5. The largest absolute Gasteiger partial charge is 0.508 e. The second-order valence-electron chi connectivity index (χ2n) is 12.3. The molecule has 10 nitrogen and oxygen atoms in total. The van der Waals surface area contributed by atoms with Crippen LogP contribution in [0.3, 0.4) is 0 Å². The molecule has 2 amide bonds. The Morgan fingerprint density at radius 2 is 1.67 bits per heavy atom. The van der Waals surface area contributed by atoms with Crippen molar-refractivity contribution in [3.63, 3.8) is 0 Å². The molecule has 2 aromatic heterocycles. The fraction of sp³-hybridized carbons (Fsp3) is 0.250. The first-order chi connectivity index (χ1) is 22.8. The summed E-state index contributed by atoms with van der Waals surface area (Å²) in [6, 6.07) is 22.6. The molecular formula is C36H37Cl2N5O5. The lowest BCUT2D eigenvalue weighted by Crippen LogP contribution is -2.29. The van der Waals surface area contributed by atoms with Gasteiger partial charge < -0.3 is 24.5 Å². The Bertz CT molecular complexity index is 2000. The zero-order valence-corrected chi connectivity index (χ0v) is 28.8. The van der Waals surface area contributed by atoms with E-state index in [1.54, 1.807) is 58.8 Å². The van der Waals surface area contributed by atoms with Gasteiger partial charge in [0.2, 0.25) is 0 Å². The number of nitrogens with one attached hydrogen (secondary N) is 2. The number of aromatic nitrogens is 3. The lowest BCUT2D eigenvalue weighted by molar-refractivity contribution is 0.251. The highest BCUT2D eigenvalue weighted by molar-refractivity contribution is 6.32. The highest BCUT2D eigenvalue weighted by Crippen LogP contribution is 2.29. The molecule has 5 rings (SSSR count). The summed E-state index contributed by atoms with van der Waals surface area (Å²) in [5.74, 6) is 1.43. The molecule has 0 fully saturated rings. The van der Waals surface area contributed by atoms with Crippen LogP contribution in [0.5, 0.6) is 17.2 Å². The monoisotopic (exact) mass is 689 g/mol. The van der Waals surface area contributed by atoms with Crippen molar-refractivity contribution in [3.8, 4) is 22.9 Å². The lowest BCUT2D eigenvalue weighted by atomic mass is 9.92. The maximum absolute atomic E-state index is 13.2. The first kappa shape index (κ1) is 34.4. The van der Waals surface area contributed by atoms with Gasteiger partial charge in [-0.3, -0.25) is 10.1 Å². The van der Waals surface area contributed by atoms with E-state index in [-0.39, 0.29) is 47.2 Å². The number of rotatable bonds is 10. The summed E-state index contributed by atoms with van der Waals surface area (Å²) >= 11 is 12.8. The molecule has 3 aromatic carbocycles. The summed E-state index contributed by atoms with van der Waals surface area (Å²) in [5, 5.41) is 20.7. The van der Waals surface area contributed by atoms with Gasteiger partial charge in [0.25, 0.3) is 5.56 Å². The Morgan fingerprint density at radius 3 is 2.33 bits per heavy atom. The number of carbonyl (C=O) groups is 1. The summed E-state index contributed by atoms with van der Waals surface area (Å²) in [6.45, 7) is 8.54. The quantitative estimate of drug-likeness (QED) is 0.139. The molecular weight excluding hydrogens is 653 g/mol. The summed E-state index contributed by atoms with van der Waals surface area (Å²) in [5.41, 5.74) is 3.96. The predicted molar refractivity (Wildman–Crippen MR) is 188 cm³/mol. The number of ether oxygens (including phenoxy) is 2. The zero-order chi connectivity index (χ0) is 34.6. The molecule has 250 valence electrons. The van der Waals surface area contributed by atoms with E-state index in [9.17, 15) is 14.7 Å². The molecule has 5 aromatic rings. The average molecular weight is 691 g/mol. The number of hydrogen-bond acceptors (Lipinski definition) is 6. The van der Waals surface area contributed by atoms with Crippen molar-refractivity contribution in [2.75, 3.05) is 12.4 Å². The minimum Gasteiger partial charge on any atom is -0.508 e. The van der Waals surface area contributed by atoms with Crippen LogP contribution < -0.4 is 25.7 Å². The van der Waals surface area contributed by atoms with Crippen molar-refractivity contribution in [1.82, 2.24) is 19.7 Å². The predicted octanol–water partition coefficient (Wildman–Crippen LogP) is 7.61.